The number of H-pyrrole nitrogens is 1. The molecule has 0 bridgehead atoms. The second-order valence-corrected chi connectivity index (χ2v) is 7.66. The predicted octanol–water partition coefficient (Wildman–Crippen LogP) is 3.13. The molecule has 0 unspecified atom stereocenters. The van der Waals surface area contributed by atoms with Crippen molar-refractivity contribution in [2.75, 3.05) is 5.32 Å². The summed E-state index contributed by atoms with van der Waals surface area (Å²) in [5.74, 6) is 0.684. The van der Waals surface area contributed by atoms with Gasteiger partial charge in [0.1, 0.15) is 11.3 Å². The van der Waals surface area contributed by atoms with Gasteiger partial charge in [-0.1, -0.05) is 0 Å². The highest BCUT2D eigenvalue weighted by Gasteiger charge is 2.22. The Hall–Kier alpha value is -3.42. The van der Waals surface area contributed by atoms with Crippen LogP contribution in [0.1, 0.15) is 32.6 Å². The van der Waals surface area contributed by atoms with Crippen molar-refractivity contribution >= 4 is 28.5 Å². The molecule has 5 rings (SSSR count). The Balaban J connectivity index is 1.32. The maximum atomic E-state index is 11.2. The Morgan fingerprint density at radius 2 is 2.00 bits per heavy atom. The van der Waals surface area contributed by atoms with E-state index in [1.165, 1.54) is 0 Å². The van der Waals surface area contributed by atoms with Crippen molar-refractivity contribution < 1.29 is 4.79 Å². The van der Waals surface area contributed by atoms with Gasteiger partial charge in [-0.25, -0.2) is 9.97 Å². The highest BCUT2D eigenvalue weighted by molar-refractivity contribution is 5.93. The lowest BCUT2D eigenvalue weighted by Crippen LogP contribution is -2.39. The molecule has 4 aromatic rings. The number of nitrogens with zero attached hydrogens (tertiary/aromatic N) is 4. The molecule has 8 nitrogen and oxygen atoms in total. The zero-order valence-corrected chi connectivity index (χ0v) is 16.2. The van der Waals surface area contributed by atoms with E-state index >= 15 is 0 Å². The van der Waals surface area contributed by atoms with Crippen molar-refractivity contribution in [1.82, 2.24) is 29.7 Å². The summed E-state index contributed by atoms with van der Waals surface area (Å²) in [6.07, 6.45) is 13.6. The summed E-state index contributed by atoms with van der Waals surface area (Å²) in [4.78, 5) is 28.0. The lowest BCUT2D eigenvalue weighted by atomic mass is 9.91. The van der Waals surface area contributed by atoms with Crippen molar-refractivity contribution in [2.45, 2.75) is 44.7 Å². The van der Waals surface area contributed by atoms with Crippen molar-refractivity contribution in [3.8, 4) is 11.1 Å². The lowest BCUT2D eigenvalue weighted by molar-refractivity contribution is -0.119. The zero-order valence-electron chi connectivity index (χ0n) is 16.2. The Morgan fingerprint density at radius 3 is 2.83 bits per heavy atom. The third-order valence-corrected chi connectivity index (χ3v) is 5.60. The van der Waals surface area contributed by atoms with Crippen LogP contribution < -0.4 is 10.6 Å². The van der Waals surface area contributed by atoms with Gasteiger partial charge in [-0.2, -0.15) is 4.98 Å². The second kappa shape index (κ2) is 7.20. The number of hydrogen-bond donors (Lipinski definition) is 3. The molecule has 29 heavy (non-hydrogen) atoms. The first kappa shape index (κ1) is 17.7. The van der Waals surface area contributed by atoms with Crippen LogP contribution in [0.2, 0.25) is 0 Å². The van der Waals surface area contributed by atoms with Crippen LogP contribution >= 0.6 is 0 Å². The molecule has 3 N–H and O–H groups in total. The van der Waals surface area contributed by atoms with Crippen molar-refractivity contribution in [2.24, 2.45) is 0 Å². The molecule has 0 aliphatic heterocycles. The van der Waals surface area contributed by atoms with Gasteiger partial charge in [0.2, 0.25) is 11.9 Å². The first-order chi connectivity index (χ1) is 14.2. The molecule has 1 aliphatic carbocycles. The summed E-state index contributed by atoms with van der Waals surface area (Å²) in [6, 6.07) is 4.68. The Labute approximate surface area is 167 Å². The van der Waals surface area contributed by atoms with Crippen LogP contribution in [0.25, 0.3) is 27.8 Å². The van der Waals surface area contributed by atoms with Crippen LogP contribution in [0.15, 0.2) is 43.1 Å². The van der Waals surface area contributed by atoms with Crippen LogP contribution in [-0.2, 0) is 4.79 Å². The zero-order chi connectivity index (χ0) is 19.8. The number of imidazole rings is 1. The third kappa shape index (κ3) is 3.53. The summed E-state index contributed by atoms with van der Waals surface area (Å²) < 4.78 is 2.00. The van der Waals surface area contributed by atoms with Crippen LogP contribution in [0.3, 0.4) is 0 Å². The molecular formula is C21H23N7O. The average Bonchev–Trinajstić information content (AvgIpc) is 3.35. The largest absolute Gasteiger partial charge is 0.354 e. The van der Waals surface area contributed by atoms with Gasteiger partial charge in [0.15, 0.2) is 0 Å². The molecule has 0 radical (unpaired) electrons. The number of anilines is 1. The minimum absolute atomic E-state index is 0.0462. The molecule has 0 aromatic carbocycles. The molecule has 8 heteroatoms. The Kier molecular flexibility index (Phi) is 4.38. The summed E-state index contributed by atoms with van der Waals surface area (Å²) in [7, 11) is 0. The maximum Gasteiger partial charge on any atom is 0.224 e. The van der Waals surface area contributed by atoms with Crippen LogP contribution in [-0.4, -0.2) is 42.3 Å². The first-order valence-corrected chi connectivity index (χ1v) is 9.96. The lowest BCUT2D eigenvalue weighted by Gasteiger charge is -2.29. The van der Waals surface area contributed by atoms with Gasteiger partial charge in [0, 0.05) is 66.5 Å². The van der Waals surface area contributed by atoms with E-state index in [9.17, 15) is 4.79 Å². The van der Waals surface area contributed by atoms with Crippen molar-refractivity contribution in [3.63, 3.8) is 0 Å². The normalized spacial score (nSPS) is 19.5. The molecule has 1 saturated carbocycles. The molecule has 1 amide bonds. The fraction of sp³-hybridized carbons (Fsp3) is 0.333. The molecule has 4 heterocycles. The van der Waals surface area contributed by atoms with Crippen LogP contribution in [0.5, 0.6) is 0 Å². The number of carbonyl (C=O) groups excluding carboxylic acids is 1. The number of aromatic nitrogens is 5. The first-order valence-electron chi connectivity index (χ1n) is 9.96. The van der Waals surface area contributed by atoms with Gasteiger partial charge in [-0.3, -0.25) is 4.79 Å². The standard InChI is InChI=1S/C21H23N7O/c1-13(29)25-15-3-5-16(6-4-15)26-21-24-11-18-17(10-23-20(18)27-21)14-2-7-19-22-8-9-28(19)12-14/h2,7-12,15-16H,3-6H2,1H3,(H,25,29)(H2,23,24,26,27)/t15-,16-. The van der Waals surface area contributed by atoms with Gasteiger partial charge in [0.05, 0.1) is 0 Å². The SMILES string of the molecule is CC(=O)N[C@H]1CC[C@H](Nc2ncc3c(-c4ccc5nccn5c4)c[nH]c3n2)CC1. The summed E-state index contributed by atoms with van der Waals surface area (Å²) in [5, 5.41) is 7.45. The van der Waals surface area contributed by atoms with E-state index in [0.717, 1.165) is 53.5 Å². The average molecular weight is 389 g/mol. The van der Waals surface area contributed by atoms with E-state index in [-0.39, 0.29) is 11.9 Å². The topological polar surface area (TPSA) is 100 Å². The minimum atomic E-state index is 0.0462. The monoisotopic (exact) mass is 389 g/mol. The van der Waals surface area contributed by atoms with Crippen LogP contribution in [0.4, 0.5) is 5.95 Å². The Morgan fingerprint density at radius 1 is 1.17 bits per heavy atom. The van der Waals surface area contributed by atoms with E-state index in [2.05, 4.69) is 42.8 Å². The highest BCUT2D eigenvalue weighted by Crippen LogP contribution is 2.28. The molecule has 1 aliphatic rings. The quantitative estimate of drug-likeness (QED) is 0.498. The van der Waals surface area contributed by atoms with E-state index in [0.29, 0.717) is 12.0 Å². The number of rotatable bonds is 4. The van der Waals surface area contributed by atoms with Crippen LogP contribution in [0, 0.1) is 0 Å². The number of nitrogens with one attached hydrogen (secondary N) is 3. The molecule has 4 aromatic heterocycles. The number of amides is 1. The predicted molar refractivity (Wildman–Crippen MR) is 112 cm³/mol. The number of hydrogen-bond acceptors (Lipinski definition) is 5. The number of carbonyl (C=O) groups is 1. The van der Waals surface area contributed by atoms with Gasteiger partial charge in [0.25, 0.3) is 0 Å². The van der Waals surface area contributed by atoms with E-state index < -0.39 is 0 Å². The highest BCUT2D eigenvalue weighted by atomic mass is 16.1. The molecule has 0 spiro atoms. The number of fused-ring (bicyclic) bond motifs is 2. The van der Waals surface area contributed by atoms with Gasteiger partial charge in [-0.15, -0.1) is 0 Å². The number of pyridine rings is 1. The molecule has 148 valence electrons. The third-order valence-electron chi connectivity index (χ3n) is 5.60. The fourth-order valence-corrected chi connectivity index (χ4v) is 4.15. The number of aromatic amines is 1. The van der Waals surface area contributed by atoms with Crippen molar-refractivity contribution in [1.29, 1.82) is 0 Å². The molecule has 0 saturated heterocycles. The van der Waals surface area contributed by atoms with E-state index in [4.69, 9.17) is 0 Å². The fourth-order valence-electron chi connectivity index (χ4n) is 4.15. The van der Waals surface area contributed by atoms with Gasteiger partial charge in [-0.05, 0) is 37.8 Å². The molecular weight excluding hydrogens is 366 g/mol. The van der Waals surface area contributed by atoms with Crippen molar-refractivity contribution in [3.05, 3.63) is 43.1 Å². The Bertz CT molecular complexity index is 1170. The maximum absolute atomic E-state index is 11.2. The van der Waals surface area contributed by atoms with E-state index in [1.54, 1.807) is 13.1 Å². The second-order valence-electron chi connectivity index (χ2n) is 7.66. The minimum Gasteiger partial charge on any atom is -0.354 e. The van der Waals surface area contributed by atoms with E-state index in [1.807, 2.05) is 29.1 Å². The van der Waals surface area contributed by atoms with Gasteiger partial charge >= 0.3 is 0 Å². The smallest absolute Gasteiger partial charge is 0.224 e. The summed E-state index contributed by atoms with van der Waals surface area (Å²) >= 11 is 0. The molecule has 0 atom stereocenters. The van der Waals surface area contributed by atoms with Gasteiger partial charge < -0.3 is 20.0 Å². The molecule has 1 fully saturated rings. The summed E-state index contributed by atoms with van der Waals surface area (Å²) in [6.45, 7) is 1.57. The summed E-state index contributed by atoms with van der Waals surface area (Å²) in [5.41, 5.74) is 3.89.